The van der Waals surface area contributed by atoms with Gasteiger partial charge in [0.25, 0.3) is 5.91 Å². The van der Waals surface area contributed by atoms with Crippen LogP contribution in [0.2, 0.25) is 5.02 Å². The van der Waals surface area contributed by atoms with E-state index in [9.17, 15) is 19.6 Å². The van der Waals surface area contributed by atoms with E-state index in [1.165, 1.54) is 20.7 Å². The van der Waals surface area contributed by atoms with Crippen LogP contribution in [0.25, 0.3) is 5.69 Å². The summed E-state index contributed by atoms with van der Waals surface area (Å²) >= 11 is 6.08. The largest absolute Gasteiger partial charge is 0.328 e. The molecular formula is C28H28ClN7O3. The number of rotatable bonds is 6. The second-order valence-corrected chi connectivity index (χ2v) is 10.9. The molecule has 3 heterocycles. The van der Waals surface area contributed by atoms with Gasteiger partial charge in [0.15, 0.2) is 5.69 Å². The maximum Gasteiger partial charge on any atom is 0.276 e. The molecule has 10 nitrogen and oxygen atoms in total. The summed E-state index contributed by atoms with van der Waals surface area (Å²) in [5, 5.41) is 21.5. The van der Waals surface area contributed by atoms with Gasteiger partial charge in [-0.05, 0) is 42.2 Å². The van der Waals surface area contributed by atoms with Gasteiger partial charge in [-0.2, -0.15) is 5.26 Å². The predicted molar refractivity (Wildman–Crippen MR) is 144 cm³/mol. The van der Waals surface area contributed by atoms with E-state index in [1.807, 2.05) is 38.1 Å². The van der Waals surface area contributed by atoms with E-state index in [-0.39, 0.29) is 36.4 Å². The van der Waals surface area contributed by atoms with Crippen LogP contribution in [0.15, 0.2) is 54.7 Å². The predicted octanol–water partition coefficient (Wildman–Crippen LogP) is 3.42. The number of hydrogen-bond acceptors (Lipinski definition) is 6. The number of aromatic nitrogens is 3. The number of hydrogen-bond donors (Lipinski definition) is 1. The molecule has 2 aromatic carbocycles. The smallest absolute Gasteiger partial charge is 0.276 e. The topological polar surface area (TPSA) is 124 Å². The Morgan fingerprint density at radius 3 is 2.74 bits per heavy atom. The Kier molecular flexibility index (Phi) is 6.87. The molecule has 0 unspecified atom stereocenters. The highest BCUT2D eigenvalue weighted by atomic mass is 35.5. The summed E-state index contributed by atoms with van der Waals surface area (Å²) < 4.78 is 1.44. The SMILES string of the molecule is CC(C)C[C@@H](C(=O)N1C[C@]2(C[C@H]1C#N)C(=O)Nc1ccccc12)N(C)C(=O)c1cn(-c2cccc(Cl)c2)nn1. The molecule has 0 aliphatic carbocycles. The van der Waals surface area contributed by atoms with Gasteiger partial charge in [0.05, 0.1) is 23.4 Å². The maximum atomic E-state index is 14.0. The van der Waals surface area contributed by atoms with E-state index < -0.39 is 23.4 Å². The van der Waals surface area contributed by atoms with Crippen molar-refractivity contribution in [2.24, 2.45) is 5.92 Å². The molecule has 1 aromatic heterocycles. The number of para-hydroxylation sites is 1. The number of nitrogens with zero attached hydrogens (tertiary/aromatic N) is 6. The number of amides is 3. The highest BCUT2D eigenvalue weighted by Crippen LogP contribution is 2.46. The summed E-state index contributed by atoms with van der Waals surface area (Å²) in [5.74, 6) is -0.998. The summed E-state index contributed by atoms with van der Waals surface area (Å²) in [6, 6.07) is 14.9. The molecule has 3 atom stereocenters. The molecule has 0 saturated carbocycles. The van der Waals surface area contributed by atoms with Crippen LogP contribution >= 0.6 is 11.6 Å². The lowest BCUT2D eigenvalue weighted by atomic mass is 9.80. The summed E-state index contributed by atoms with van der Waals surface area (Å²) in [5.41, 5.74) is 1.19. The molecule has 0 bridgehead atoms. The molecule has 1 spiro atoms. The first-order chi connectivity index (χ1) is 18.6. The fourth-order valence-corrected chi connectivity index (χ4v) is 5.66. The zero-order chi connectivity index (χ0) is 27.9. The Labute approximate surface area is 231 Å². The Morgan fingerprint density at radius 1 is 1.26 bits per heavy atom. The Bertz CT molecular complexity index is 1500. The molecule has 2 aliphatic rings. The van der Waals surface area contributed by atoms with Crippen molar-refractivity contribution in [3.05, 3.63) is 71.0 Å². The van der Waals surface area contributed by atoms with Gasteiger partial charge in [-0.1, -0.05) is 54.9 Å². The van der Waals surface area contributed by atoms with Crippen LogP contribution in [0.1, 0.15) is 42.7 Å². The number of nitriles is 1. The molecule has 0 radical (unpaired) electrons. The highest BCUT2D eigenvalue weighted by Gasteiger charge is 2.56. The van der Waals surface area contributed by atoms with Gasteiger partial charge in [-0.15, -0.1) is 5.10 Å². The Hall–Kier alpha value is -4.23. The third-order valence-electron chi connectivity index (χ3n) is 7.47. The molecule has 3 aromatic rings. The number of carbonyl (C=O) groups is 3. The molecule has 200 valence electrons. The summed E-state index contributed by atoms with van der Waals surface area (Å²) in [6.45, 7) is 3.98. The number of likely N-dealkylation sites (tertiary alicyclic amines) is 1. The Morgan fingerprint density at radius 2 is 2.03 bits per heavy atom. The molecule has 39 heavy (non-hydrogen) atoms. The van der Waals surface area contributed by atoms with Crippen molar-refractivity contribution < 1.29 is 14.4 Å². The first-order valence-corrected chi connectivity index (χ1v) is 13.1. The maximum absolute atomic E-state index is 14.0. The fourth-order valence-electron chi connectivity index (χ4n) is 5.48. The van der Waals surface area contributed by atoms with Crippen LogP contribution in [0.4, 0.5) is 5.69 Å². The van der Waals surface area contributed by atoms with Gasteiger partial charge >= 0.3 is 0 Å². The van der Waals surface area contributed by atoms with Crippen LogP contribution < -0.4 is 5.32 Å². The minimum atomic E-state index is -1.00. The van der Waals surface area contributed by atoms with E-state index in [0.29, 0.717) is 22.8 Å². The van der Waals surface area contributed by atoms with E-state index >= 15 is 0 Å². The quantitative estimate of drug-likeness (QED) is 0.506. The number of carbonyl (C=O) groups excluding carboxylic acids is 3. The van der Waals surface area contributed by atoms with Crippen molar-refractivity contribution in [3.63, 3.8) is 0 Å². The third kappa shape index (κ3) is 4.63. The van der Waals surface area contributed by atoms with Crippen LogP contribution in [-0.2, 0) is 15.0 Å². The minimum Gasteiger partial charge on any atom is -0.328 e. The molecule has 3 amide bonds. The number of halogens is 1. The van der Waals surface area contributed by atoms with Gasteiger partial charge in [-0.3, -0.25) is 14.4 Å². The van der Waals surface area contributed by atoms with Crippen molar-refractivity contribution in [2.75, 3.05) is 18.9 Å². The summed E-state index contributed by atoms with van der Waals surface area (Å²) in [4.78, 5) is 43.5. The number of fused-ring (bicyclic) bond motifs is 2. The summed E-state index contributed by atoms with van der Waals surface area (Å²) in [6.07, 6.45) is 2.05. The normalized spacial score (nSPS) is 20.6. The number of nitrogens with one attached hydrogen (secondary N) is 1. The van der Waals surface area contributed by atoms with Crippen molar-refractivity contribution in [1.29, 1.82) is 5.26 Å². The van der Waals surface area contributed by atoms with Crippen molar-refractivity contribution in [3.8, 4) is 11.8 Å². The van der Waals surface area contributed by atoms with Gasteiger partial charge in [0.2, 0.25) is 11.8 Å². The number of likely N-dealkylation sites (N-methyl/N-ethyl adjacent to an activating group) is 1. The van der Waals surface area contributed by atoms with Gasteiger partial charge in [0, 0.05) is 30.7 Å². The van der Waals surface area contributed by atoms with Gasteiger partial charge in [0.1, 0.15) is 12.1 Å². The van der Waals surface area contributed by atoms with E-state index in [2.05, 4.69) is 21.7 Å². The van der Waals surface area contributed by atoms with E-state index in [0.717, 1.165) is 5.56 Å². The third-order valence-corrected chi connectivity index (χ3v) is 7.70. The van der Waals surface area contributed by atoms with Crippen LogP contribution in [0.3, 0.4) is 0 Å². The summed E-state index contributed by atoms with van der Waals surface area (Å²) in [7, 11) is 1.55. The van der Waals surface area contributed by atoms with E-state index in [1.54, 1.807) is 31.3 Å². The molecule has 1 saturated heterocycles. The van der Waals surface area contributed by atoms with Gasteiger partial charge in [-0.25, -0.2) is 4.68 Å². The average molecular weight is 546 g/mol. The number of benzene rings is 2. The second-order valence-electron chi connectivity index (χ2n) is 10.5. The van der Waals surface area contributed by atoms with Crippen LogP contribution in [-0.4, -0.2) is 68.2 Å². The zero-order valence-electron chi connectivity index (χ0n) is 21.8. The fraction of sp³-hybridized carbons (Fsp3) is 0.357. The lowest BCUT2D eigenvalue weighted by Gasteiger charge is -2.33. The first kappa shape index (κ1) is 26.4. The molecule has 5 rings (SSSR count). The molecule has 11 heteroatoms. The standard InChI is InChI=1S/C28H28ClN7O3/c1-17(2)11-24(34(3)25(37)23-15-36(33-32-23)19-8-6-7-18(29)12-19)26(38)35-16-28(13-20(35)14-30)21-9-4-5-10-22(21)31-27(28)39/h4-10,12,15,17,20,24H,11,13,16H2,1-3H3,(H,31,39)/t20-,24-,28-/m0/s1. The lowest BCUT2D eigenvalue weighted by Crippen LogP contribution is -2.52. The molecule has 1 fully saturated rings. The minimum absolute atomic E-state index is 0.0640. The Balaban J connectivity index is 1.42. The van der Waals surface area contributed by atoms with Crippen molar-refractivity contribution in [2.45, 2.75) is 44.2 Å². The highest BCUT2D eigenvalue weighted by molar-refractivity contribution is 6.30. The van der Waals surface area contributed by atoms with E-state index in [4.69, 9.17) is 11.6 Å². The van der Waals surface area contributed by atoms with Crippen molar-refractivity contribution in [1.82, 2.24) is 24.8 Å². The molecular weight excluding hydrogens is 518 g/mol. The lowest BCUT2D eigenvalue weighted by molar-refractivity contribution is -0.136. The van der Waals surface area contributed by atoms with Gasteiger partial charge < -0.3 is 15.1 Å². The van der Waals surface area contributed by atoms with Crippen LogP contribution in [0.5, 0.6) is 0 Å². The monoisotopic (exact) mass is 545 g/mol. The average Bonchev–Trinajstić information content (AvgIpc) is 3.63. The first-order valence-electron chi connectivity index (χ1n) is 12.7. The molecule has 2 aliphatic heterocycles. The number of anilines is 1. The van der Waals surface area contributed by atoms with Crippen molar-refractivity contribution >= 4 is 35.0 Å². The second kappa shape index (κ2) is 10.2. The zero-order valence-corrected chi connectivity index (χ0v) is 22.6. The molecule has 1 N–H and O–H groups in total. The van der Waals surface area contributed by atoms with Crippen LogP contribution in [0, 0.1) is 17.2 Å².